The van der Waals surface area contributed by atoms with Crippen molar-refractivity contribution < 1.29 is 9.21 Å². The van der Waals surface area contributed by atoms with Gasteiger partial charge < -0.3 is 15.1 Å². The first-order valence-electron chi connectivity index (χ1n) is 7.45. The van der Waals surface area contributed by atoms with E-state index < -0.39 is 0 Å². The number of hydrogen-bond acceptors (Lipinski definition) is 3. The number of furan rings is 1. The van der Waals surface area contributed by atoms with Crippen LogP contribution in [0.5, 0.6) is 0 Å². The molecule has 1 amide bonds. The van der Waals surface area contributed by atoms with Crippen LogP contribution in [0, 0.1) is 0 Å². The van der Waals surface area contributed by atoms with E-state index in [-0.39, 0.29) is 11.9 Å². The summed E-state index contributed by atoms with van der Waals surface area (Å²) in [7, 11) is 0. The summed E-state index contributed by atoms with van der Waals surface area (Å²) in [5, 5.41) is 0.697. The van der Waals surface area contributed by atoms with Gasteiger partial charge in [-0.1, -0.05) is 23.7 Å². The summed E-state index contributed by atoms with van der Waals surface area (Å²) in [5.74, 6) is 0.617. The van der Waals surface area contributed by atoms with Crippen molar-refractivity contribution in [2.75, 3.05) is 0 Å². The summed E-state index contributed by atoms with van der Waals surface area (Å²) in [4.78, 5) is 14.8. The van der Waals surface area contributed by atoms with Crippen LogP contribution in [-0.4, -0.2) is 16.8 Å². The Balaban J connectivity index is 1.85. The highest BCUT2D eigenvalue weighted by Gasteiger charge is 2.37. The van der Waals surface area contributed by atoms with E-state index in [9.17, 15) is 4.79 Å². The van der Waals surface area contributed by atoms with Crippen LogP contribution in [0.1, 0.15) is 47.5 Å². The van der Waals surface area contributed by atoms with Crippen molar-refractivity contribution in [1.82, 2.24) is 4.90 Å². The standard InChI is InChI=1S/C17H19ClN2O2/c1-11(12-2-4-14(18)5-3-12)20(15-6-7-15)17(21)13-8-16(9-19)22-10-13/h2-5,8,10-11,15H,6-7,9,19H2,1H3. The van der Waals surface area contributed by atoms with E-state index in [1.807, 2.05) is 36.1 Å². The van der Waals surface area contributed by atoms with Gasteiger partial charge in [0.15, 0.2) is 0 Å². The molecule has 1 aliphatic carbocycles. The molecule has 2 aromatic rings. The van der Waals surface area contributed by atoms with Crippen molar-refractivity contribution in [3.8, 4) is 0 Å². The Morgan fingerprint density at radius 2 is 2.09 bits per heavy atom. The molecule has 1 heterocycles. The molecule has 5 heteroatoms. The molecule has 1 aromatic carbocycles. The lowest BCUT2D eigenvalue weighted by Crippen LogP contribution is -2.35. The van der Waals surface area contributed by atoms with E-state index in [0.29, 0.717) is 28.9 Å². The van der Waals surface area contributed by atoms with Gasteiger partial charge >= 0.3 is 0 Å². The Kier molecular flexibility index (Phi) is 4.23. The SMILES string of the molecule is CC(c1ccc(Cl)cc1)N(C(=O)c1coc(CN)c1)C1CC1. The maximum atomic E-state index is 12.8. The van der Waals surface area contributed by atoms with Crippen molar-refractivity contribution >= 4 is 17.5 Å². The third kappa shape index (κ3) is 3.03. The van der Waals surface area contributed by atoms with Crippen LogP contribution in [0.3, 0.4) is 0 Å². The highest BCUT2D eigenvalue weighted by Crippen LogP contribution is 2.36. The van der Waals surface area contributed by atoms with Crippen LogP contribution in [-0.2, 0) is 6.54 Å². The number of carbonyl (C=O) groups is 1. The number of rotatable bonds is 5. The van der Waals surface area contributed by atoms with Gasteiger partial charge in [-0.05, 0) is 43.5 Å². The molecule has 2 N–H and O–H groups in total. The Morgan fingerprint density at radius 1 is 1.41 bits per heavy atom. The van der Waals surface area contributed by atoms with Crippen molar-refractivity contribution in [2.24, 2.45) is 5.73 Å². The first-order chi connectivity index (χ1) is 10.6. The molecule has 1 atom stereocenters. The minimum atomic E-state index is -0.00611. The van der Waals surface area contributed by atoms with Crippen LogP contribution in [0.2, 0.25) is 5.02 Å². The maximum Gasteiger partial charge on any atom is 0.257 e. The molecule has 1 aromatic heterocycles. The lowest BCUT2D eigenvalue weighted by molar-refractivity contribution is 0.0673. The number of amides is 1. The smallest absolute Gasteiger partial charge is 0.257 e. The van der Waals surface area contributed by atoms with Gasteiger partial charge in [0.25, 0.3) is 5.91 Å². The van der Waals surface area contributed by atoms with E-state index >= 15 is 0 Å². The Morgan fingerprint density at radius 3 is 2.64 bits per heavy atom. The number of nitrogens with two attached hydrogens (primary N) is 1. The second kappa shape index (κ2) is 6.15. The molecule has 0 spiro atoms. The molecular formula is C17H19ClN2O2. The highest BCUT2D eigenvalue weighted by atomic mass is 35.5. The van der Waals surface area contributed by atoms with Crippen LogP contribution >= 0.6 is 11.6 Å². The molecule has 4 nitrogen and oxygen atoms in total. The Bertz CT molecular complexity index is 662. The van der Waals surface area contributed by atoms with E-state index in [2.05, 4.69) is 0 Å². The summed E-state index contributed by atoms with van der Waals surface area (Å²) in [6.07, 6.45) is 3.59. The third-order valence-corrected chi connectivity index (χ3v) is 4.30. The molecule has 1 fully saturated rings. The van der Waals surface area contributed by atoms with Gasteiger partial charge in [-0.3, -0.25) is 4.79 Å². The number of halogens is 1. The molecule has 1 saturated carbocycles. The van der Waals surface area contributed by atoms with E-state index in [0.717, 1.165) is 18.4 Å². The van der Waals surface area contributed by atoms with Gasteiger partial charge in [-0.15, -0.1) is 0 Å². The molecule has 116 valence electrons. The zero-order chi connectivity index (χ0) is 15.7. The quantitative estimate of drug-likeness (QED) is 0.913. The zero-order valence-electron chi connectivity index (χ0n) is 12.5. The zero-order valence-corrected chi connectivity index (χ0v) is 13.2. The highest BCUT2D eigenvalue weighted by molar-refractivity contribution is 6.30. The topological polar surface area (TPSA) is 59.5 Å². The van der Waals surface area contributed by atoms with E-state index in [1.165, 1.54) is 6.26 Å². The average Bonchev–Trinajstić information content (AvgIpc) is 3.23. The van der Waals surface area contributed by atoms with Gasteiger partial charge in [0.2, 0.25) is 0 Å². The monoisotopic (exact) mass is 318 g/mol. The first-order valence-corrected chi connectivity index (χ1v) is 7.83. The van der Waals surface area contributed by atoms with Gasteiger partial charge in [0.1, 0.15) is 12.0 Å². The summed E-state index contributed by atoms with van der Waals surface area (Å²) >= 11 is 5.94. The summed E-state index contributed by atoms with van der Waals surface area (Å²) in [5.41, 5.74) is 7.18. The predicted octanol–water partition coefficient (Wildman–Crippen LogP) is 3.76. The largest absolute Gasteiger partial charge is 0.467 e. The van der Waals surface area contributed by atoms with Gasteiger partial charge in [-0.2, -0.15) is 0 Å². The van der Waals surface area contributed by atoms with Crippen molar-refractivity contribution in [2.45, 2.75) is 38.4 Å². The summed E-state index contributed by atoms with van der Waals surface area (Å²) in [6.45, 7) is 2.34. The third-order valence-electron chi connectivity index (χ3n) is 4.05. The molecule has 1 aliphatic rings. The van der Waals surface area contributed by atoms with Crippen LogP contribution in [0.4, 0.5) is 0 Å². The lowest BCUT2D eigenvalue weighted by Gasteiger charge is -2.29. The van der Waals surface area contributed by atoms with Gasteiger partial charge in [-0.25, -0.2) is 0 Å². The number of carbonyl (C=O) groups excluding carboxylic acids is 1. The Hall–Kier alpha value is -1.78. The second-order valence-corrected chi connectivity index (χ2v) is 6.11. The maximum absolute atomic E-state index is 12.8. The molecule has 0 aliphatic heterocycles. The van der Waals surface area contributed by atoms with E-state index in [4.69, 9.17) is 21.8 Å². The fourth-order valence-corrected chi connectivity index (χ4v) is 2.79. The lowest BCUT2D eigenvalue weighted by atomic mass is 10.1. The molecule has 1 unspecified atom stereocenters. The van der Waals surface area contributed by atoms with Crippen LogP contribution < -0.4 is 5.73 Å². The average molecular weight is 319 g/mol. The minimum Gasteiger partial charge on any atom is -0.467 e. The molecule has 0 radical (unpaired) electrons. The summed E-state index contributed by atoms with van der Waals surface area (Å²) < 4.78 is 5.30. The molecule has 3 rings (SSSR count). The fraction of sp³-hybridized carbons (Fsp3) is 0.353. The molecule has 0 bridgehead atoms. The van der Waals surface area contributed by atoms with Gasteiger partial charge in [0.05, 0.1) is 18.2 Å². The van der Waals surface area contributed by atoms with Crippen molar-refractivity contribution in [1.29, 1.82) is 0 Å². The van der Waals surface area contributed by atoms with Crippen LogP contribution in [0.25, 0.3) is 0 Å². The number of nitrogens with zero attached hydrogens (tertiary/aromatic N) is 1. The summed E-state index contributed by atoms with van der Waals surface area (Å²) in [6, 6.07) is 9.67. The normalized spacial score (nSPS) is 15.6. The van der Waals surface area contributed by atoms with Gasteiger partial charge in [0, 0.05) is 11.1 Å². The number of hydrogen-bond donors (Lipinski definition) is 1. The van der Waals surface area contributed by atoms with Crippen molar-refractivity contribution in [3.63, 3.8) is 0 Å². The van der Waals surface area contributed by atoms with E-state index in [1.54, 1.807) is 6.07 Å². The molecular weight excluding hydrogens is 300 g/mol. The Labute approximate surface area is 134 Å². The first kappa shape index (κ1) is 15.1. The predicted molar refractivity (Wildman–Crippen MR) is 85.7 cm³/mol. The molecule has 0 saturated heterocycles. The second-order valence-electron chi connectivity index (χ2n) is 5.68. The fourth-order valence-electron chi connectivity index (χ4n) is 2.66. The minimum absolute atomic E-state index is 0.00602. The molecule has 22 heavy (non-hydrogen) atoms. The van der Waals surface area contributed by atoms with Crippen molar-refractivity contribution in [3.05, 3.63) is 58.5 Å². The number of benzene rings is 1. The van der Waals surface area contributed by atoms with Crippen LogP contribution in [0.15, 0.2) is 41.0 Å².